The van der Waals surface area contributed by atoms with Crippen LogP contribution in [0.25, 0.3) is 0 Å². The largest absolute Gasteiger partial charge is 0.384 e. The molecule has 4 nitrogen and oxygen atoms in total. The molecule has 0 atom stereocenters. The molecule has 0 bridgehead atoms. The quantitative estimate of drug-likeness (QED) is 0.854. The van der Waals surface area contributed by atoms with Crippen molar-refractivity contribution in [1.82, 2.24) is 4.90 Å². The molecule has 0 unspecified atom stereocenters. The maximum atomic E-state index is 12.4. The highest BCUT2D eigenvalue weighted by atomic mass is 32.1. The Bertz CT molecular complexity index is 532. The lowest BCUT2D eigenvalue weighted by atomic mass is 10.2. The van der Waals surface area contributed by atoms with Crippen LogP contribution in [-0.2, 0) is 0 Å². The van der Waals surface area contributed by atoms with Gasteiger partial charge in [0.05, 0.1) is 12.5 Å². The van der Waals surface area contributed by atoms with Gasteiger partial charge in [0.25, 0.3) is 5.91 Å². The molecular formula is C14H16N2O2S. The molecule has 0 saturated heterocycles. The van der Waals surface area contributed by atoms with E-state index in [0.717, 1.165) is 0 Å². The normalized spacial score (nSPS) is 9.63. The summed E-state index contributed by atoms with van der Waals surface area (Å²) in [7, 11) is 0. The maximum Gasteiger partial charge on any atom is 0.265 e. The molecule has 1 amide bonds. The van der Waals surface area contributed by atoms with E-state index >= 15 is 0 Å². The second-order valence-electron chi connectivity index (χ2n) is 4.12. The lowest BCUT2D eigenvalue weighted by molar-refractivity contribution is 0.0715. The van der Waals surface area contributed by atoms with Crippen molar-refractivity contribution >= 4 is 17.2 Å². The van der Waals surface area contributed by atoms with Crippen molar-refractivity contribution in [3.8, 4) is 17.9 Å². The first-order chi connectivity index (χ1) is 9.11. The molecule has 5 heteroatoms. The minimum absolute atomic E-state index is 0.0293. The van der Waals surface area contributed by atoms with Gasteiger partial charge in [0, 0.05) is 18.2 Å². The van der Waals surface area contributed by atoms with Crippen molar-refractivity contribution in [3.05, 3.63) is 21.9 Å². The number of hydrogen-bond donors (Lipinski definition) is 1. The first-order valence-corrected chi connectivity index (χ1v) is 6.85. The number of amides is 1. The maximum absolute atomic E-state index is 12.4. The molecule has 1 N–H and O–H groups in total. The minimum Gasteiger partial charge on any atom is -0.384 e. The number of nitriles is 1. The van der Waals surface area contributed by atoms with Crippen molar-refractivity contribution in [2.24, 2.45) is 0 Å². The molecule has 0 aliphatic heterocycles. The third kappa shape index (κ3) is 4.10. The van der Waals surface area contributed by atoms with Gasteiger partial charge >= 0.3 is 0 Å². The molecule has 0 aromatic carbocycles. The van der Waals surface area contributed by atoms with E-state index in [9.17, 15) is 4.79 Å². The van der Waals surface area contributed by atoms with Gasteiger partial charge in [-0.2, -0.15) is 5.26 Å². The third-order valence-electron chi connectivity index (χ3n) is 2.51. The number of carbonyl (C=O) groups excluding carboxylic acids is 1. The summed E-state index contributed by atoms with van der Waals surface area (Å²) >= 11 is 1.33. The highest BCUT2D eigenvalue weighted by Gasteiger charge is 2.21. The van der Waals surface area contributed by atoms with Crippen molar-refractivity contribution in [2.75, 3.05) is 13.2 Å². The summed E-state index contributed by atoms with van der Waals surface area (Å²) < 4.78 is 0. The van der Waals surface area contributed by atoms with E-state index in [1.165, 1.54) is 11.3 Å². The molecule has 100 valence electrons. The Morgan fingerprint density at radius 3 is 2.89 bits per heavy atom. The second-order valence-corrected chi connectivity index (χ2v) is 5.04. The predicted octanol–water partition coefficient (Wildman–Crippen LogP) is 1.86. The van der Waals surface area contributed by atoms with Crippen LogP contribution in [0.3, 0.4) is 0 Å². The molecule has 0 aliphatic carbocycles. The molecule has 0 aliphatic rings. The monoisotopic (exact) mass is 276 g/mol. The molecule has 0 fully saturated rings. The van der Waals surface area contributed by atoms with Crippen LogP contribution >= 0.6 is 11.3 Å². The Balaban J connectivity index is 2.97. The van der Waals surface area contributed by atoms with Gasteiger partial charge in [-0.25, -0.2) is 0 Å². The highest BCUT2D eigenvalue weighted by molar-refractivity contribution is 7.12. The molecule has 1 aromatic heterocycles. The zero-order chi connectivity index (χ0) is 14.3. The van der Waals surface area contributed by atoms with Crippen LogP contribution in [0.5, 0.6) is 0 Å². The van der Waals surface area contributed by atoms with Gasteiger partial charge in [-0.15, -0.1) is 11.3 Å². The SMILES string of the molecule is CC(C)N(CCC#N)C(=O)c1sccc1C#CCO. The molecule has 1 aromatic rings. The van der Waals surface area contributed by atoms with Crippen molar-refractivity contribution in [1.29, 1.82) is 5.26 Å². The third-order valence-corrected chi connectivity index (χ3v) is 3.41. The predicted molar refractivity (Wildman–Crippen MR) is 74.7 cm³/mol. The van der Waals surface area contributed by atoms with E-state index in [2.05, 4.69) is 17.9 Å². The van der Waals surface area contributed by atoms with Crippen molar-refractivity contribution in [2.45, 2.75) is 26.3 Å². The Morgan fingerprint density at radius 1 is 1.58 bits per heavy atom. The minimum atomic E-state index is -0.230. The fraction of sp³-hybridized carbons (Fsp3) is 0.429. The van der Waals surface area contributed by atoms with E-state index < -0.39 is 0 Å². The van der Waals surface area contributed by atoms with Crippen LogP contribution in [0.4, 0.5) is 0 Å². The van der Waals surface area contributed by atoms with Crippen LogP contribution < -0.4 is 0 Å². The van der Waals surface area contributed by atoms with E-state index in [1.807, 2.05) is 13.8 Å². The molecule has 0 saturated carbocycles. The molecular weight excluding hydrogens is 260 g/mol. The Kier molecular flexibility index (Phi) is 6.08. The zero-order valence-electron chi connectivity index (χ0n) is 11.0. The standard InChI is InChI=1S/C14H16N2O2S/c1-11(2)16(8-4-7-15)14(18)13-12(5-3-9-17)6-10-19-13/h6,10-11,17H,4,8-9H2,1-2H3. The van der Waals surface area contributed by atoms with Crippen LogP contribution in [-0.4, -0.2) is 35.1 Å². The van der Waals surface area contributed by atoms with Gasteiger partial charge in [0.1, 0.15) is 11.5 Å². The lowest BCUT2D eigenvalue weighted by Crippen LogP contribution is -2.37. The molecule has 1 heterocycles. The summed E-state index contributed by atoms with van der Waals surface area (Å²) in [6, 6.07) is 3.85. The Morgan fingerprint density at radius 2 is 2.32 bits per heavy atom. The van der Waals surface area contributed by atoms with E-state index in [-0.39, 0.29) is 18.6 Å². The molecule has 0 radical (unpaired) electrons. The van der Waals surface area contributed by atoms with Gasteiger partial charge in [-0.1, -0.05) is 11.8 Å². The number of hydrogen-bond acceptors (Lipinski definition) is 4. The average molecular weight is 276 g/mol. The second kappa shape index (κ2) is 7.58. The van der Waals surface area contributed by atoms with Gasteiger partial charge in [0.2, 0.25) is 0 Å². The number of carbonyl (C=O) groups is 1. The number of rotatable bonds is 4. The number of thiophene rings is 1. The summed E-state index contributed by atoms with van der Waals surface area (Å²) in [6.45, 7) is 4.02. The van der Waals surface area contributed by atoms with E-state index in [1.54, 1.807) is 16.3 Å². The van der Waals surface area contributed by atoms with Gasteiger partial charge < -0.3 is 10.0 Å². The first-order valence-electron chi connectivity index (χ1n) is 5.97. The summed E-state index contributed by atoms with van der Waals surface area (Å²) in [5.41, 5.74) is 0.631. The fourth-order valence-electron chi connectivity index (χ4n) is 1.60. The van der Waals surface area contributed by atoms with Crippen LogP contribution in [0.2, 0.25) is 0 Å². The van der Waals surface area contributed by atoms with E-state index in [4.69, 9.17) is 10.4 Å². The Hall–Kier alpha value is -1.82. The van der Waals surface area contributed by atoms with Crippen molar-refractivity contribution in [3.63, 3.8) is 0 Å². The van der Waals surface area contributed by atoms with Gasteiger partial charge in [-0.05, 0) is 25.3 Å². The fourth-order valence-corrected chi connectivity index (χ4v) is 2.41. The zero-order valence-corrected chi connectivity index (χ0v) is 11.8. The van der Waals surface area contributed by atoms with Crippen molar-refractivity contribution < 1.29 is 9.90 Å². The lowest BCUT2D eigenvalue weighted by Gasteiger charge is -2.25. The average Bonchev–Trinajstić information content (AvgIpc) is 2.84. The molecule has 19 heavy (non-hydrogen) atoms. The van der Waals surface area contributed by atoms with E-state index in [0.29, 0.717) is 23.4 Å². The van der Waals surface area contributed by atoms with Crippen LogP contribution in [0.15, 0.2) is 11.4 Å². The molecule has 0 spiro atoms. The molecule has 1 rings (SSSR count). The summed E-state index contributed by atoms with van der Waals surface area (Å²) in [6.07, 6.45) is 0.312. The smallest absolute Gasteiger partial charge is 0.265 e. The van der Waals surface area contributed by atoms with Crippen LogP contribution in [0.1, 0.15) is 35.5 Å². The first kappa shape index (κ1) is 15.2. The number of aliphatic hydroxyl groups is 1. The van der Waals surface area contributed by atoms with Gasteiger partial charge in [-0.3, -0.25) is 4.79 Å². The number of nitrogens with zero attached hydrogens (tertiary/aromatic N) is 2. The summed E-state index contributed by atoms with van der Waals surface area (Å²) in [5, 5.41) is 19.2. The highest BCUT2D eigenvalue weighted by Crippen LogP contribution is 2.19. The van der Waals surface area contributed by atoms with Gasteiger partial charge in [0.15, 0.2) is 0 Å². The summed E-state index contributed by atoms with van der Waals surface area (Å²) in [5.74, 6) is 5.21. The Labute approximate surface area is 117 Å². The summed E-state index contributed by atoms with van der Waals surface area (Å²) in [4.78, 5) is 14.7. The van der Waals surface area contributed by atoms with Crippen LogP contribution in [0, 0.1) is 23.2 Å². The number of aliphatic hydroxyl groups excluding tert-OH is 1. The topological polar surface area (TPSA) is 64.3 Å².